The maximum absolute atomic E-state index is 12.4. The Bertz CT molecular complexity index is 1030. The third-order valence-corrected chi connectivity index (χ3v) is 6.68. The quantitative estimate of drug-likeness (QED) is 0.726. The van der Waals surface area contributed by atoms with Gasteiger partial charge in [-0.15, -0.1) is 0 Å². The van der Waals surface area contributed by atoms with Gasteiger partial charge in [-0.25, -0.2) is 13.4 Å². The summed E-state index contributed by atoms with van der Waals surface area (Å²) in [6.07, 6.45) is 5.37. The molecule has 0 aliphatic rings. The van der Waals surface area contributed by atoms with Crippen molar-refractivity contribution in [2.24, 2.45) is 7.05 Å². The average Bonchev–Trinajstić information content (AvgIpc) is 3.06. The van der Waals surface area contributed by atoms with Gasteiger partial charge in [-0.3, -0.25) is 4.68 Å². The lowest BCUT2D eigenvalue weighted by molar-refractivity contribution is 0.556. The molecule has 142 valence electrons. The highest BCUT2D eigenvalue weighted by atomic mass is 32.2. The Labute approximate surface area is 160 Å². The van der Waals surface area contributed by atoms with Crippen LogP contribution in [0.15, 0.2) is 60.0 Å². The second kappa shape index (κ2) is 7.15. The van der Waals surface area contributed by atoms with Crippen molar-refractivity contribution in [1.29, 1.82) is 0 Å². The minimum atomic E-state index is -3.44. The van der Waals surface area contributed by atoms with Gasteiger partial charge in [0, 0.05) is 25.4 Å². The molecule has 3 aromatic rings. The number of benzene rings is 1. The summed E-state index contributed by atoms with van der Waals surface area (Å²) in [6.45, 7) is 5.63. The van der Waals surface area contributed by atoms with Crippen LogP contribution in [0.25, 0.3) is 11.1 Å². The standard InChI is InChI=1S/C20H24N4O2S/c1-20(2,3)27(25,26)19-9-8-18(13-22-19)21-11-15-6-5-7-16(10-15)17-12-23-24(4)14-17/h5-10,12-14,21H,11H2,1-4H3. The largest absolute Gasteiger partial charge is 0.380 e. The minimum absolute atomic E-state index is 0.0964. The zero-order valence-electron chi connectivity index (χ0n) is 16.0. The smallest absolute Gasteiger partial charge is 0.200 e. The van der Waals surface area contributed by atoms with Crippen LogP contribution >= 0.6 is 0 Å². The molecule has 0 atom stereocenters. The minimum Gasteiger partial charge on any atom is -0.380 e. The van der Waals surface area contributed by atoms with Crippen molar-refractivity contribution < 1.29 is 8.42 Å². The number of nitrogens with zero attached hydrogens (tertiary/aromatic N) is 3. The molecule has 0 unspecified atom stereocenters. The summed E-state index contributed by atoms with van der Waals surface area (Å²) < 4.78 is 25.8. The summed E-state index contributed by atoms with van der Waals surface area (Å²) in [6, 6.07) is 11.5. The Hall–Kier alpha value is -2.67. The number of aromatic nitrogens is 3. The number of hydrogen-bond acceptors (Lipinski definition) is 5. The molecular formula is C20H24N4O2S. The monoisotopic (exact) mass is 384 g/mol. The number of sulfone groups is 1. The normalized spacial score (nSPS) is 12.1. The van der Waals surface area contributed by atoms with Gasteiger partial charge in [0.25, 0.3) is 0 Å². The van der Waals surface area contributed by atoms with Gasteiger partial charge in [0.2, 0.25) is 0 Å². The maximum atomic E-state index is 12.4. The van der Waals surface area contributed by atoms with Crippen molar-refractivity contribution in [3.05, 3.63) is 60.6 Å². The van der Waals surface area contributed by atoms with Crippen molar-refractivity contribution in [3.8, 4) is 11.1 Å². The average molecular weight is 385 g/mol. The van der Waals surface area contributed by atoms with Crippen LogP contribution in [0.4, 0.5) is 5.69 Å². The number of nitrogens with one attached hydrogen (secondary N) is 1. The lowest BCUT2D eigenvalue weighted by atomic mass is 10.1. The van der Waals surface area contributed by atoms with Crippen molar-refractivity contribution in [2.45, 2.75) is 37.1 Å². The Morgan fingerprint density at radius 3 is 2.44 bits per heavy atom. The van der Waals surface area contributed by atoms with Crippen LogP contribution in [0.1, 0.15) is 26.3 Å². The van der Waals surface area contributed by atoms with E-state index in [1.807, 2.05) is 37.6 Å². The molecule has 6 nitrogen and oxygen atoms in total. The molecule has 7 heteroatoms. The van der Waals surface area contributed by atoms with Gasteiger partial charge in [-0.2, -0.15) is 5.10 Å². The molecule has 0 fully saturated rings. The Morgan fingerprint density at radius 2 is 1.85 bits per heavy atom. The van der Waals surface area contributed by atoms with Crippen molar-refractivity contribution in [3.63, 3.8) is 0 Å². The van der Waals surface area contributed by atoms with Crippen LogP contribution in [-0.4, -0.2) is 27.9 Å². The van der Waals surface area contributed by atoms with E-state index in [2.05, 4.69) is 21.5 Å². The highest BCUT2D eigenvalue weighted by Crippen LogP contribution is 2.24. The topological polar surface area (TPSA) is 76.9 Å². The van der Waals surface area contributed by atoms with Crippen molar-refractivity contribution in [1.82, 2.24) is 14.8 Å². The Balaban J connectivity index is 1.71. The van der Waals surface area contributed by atoms with E-state index in [-0.39, 0.29) is 5.03 Å². The lowest BCUT2D eigenvalue weighted by Gasteiger charge is -2.18. The molecule has 0 saturated heterocycles. The first-order valence-electron chi connectivity index (χ1n) is 8.69. The van der Waals surface area contributed by atoms with Crippen molar-refractivity contribution >= 4 is 15.5 Å². The summed E-state index contributed by atoms with van der Waals surface area (Å²) in [5.41, 5.74) is 4.06. The molecule has 0 spiro atoms. The van der Waals surface area contributed by atoms with E-state index in [1.165, 1.54) is 0 Å². The molecule has 0 saturated carbocycles. The van der Waals surface area contributed by atoms with Gasteiger partial charge < -0.3 is 5.32 Å². The molecule has 0 aliphatic heterocycles. The van der Waals surface area contributed by atoms with Gasteiger partial charge in [-0.05, 0) is 50.1 Å². The zero-order chi connectivity index (χ0) is 19.7. The van der Waals surface area contributed by atoms with E-state index in [9.17, 15) is 8.42 Å². The van der Waals surface area contributed by atoms with Crippen LogP contribution in [0.5, 0.6) is 0 Å². The Morgan fingerprint density at radius 1 is 1.07 bits per heavy atom. The molecule has 1 aromatic carbocycles. The van der Waals surface area contributed by atoms with Gasteiger partial charge in [0.15, 0.2) is 14.9 Å². The molecule has 0 aliphatic carbocycles. The molecule has 0 amide bonds. The summed E-state index contributed by atoms with van der Waals surface area (Å²) in [5, 5.41) is 7.59. The third-order valence-electron chi connectivity index (χ3n) is 4.28. The predicted molar refractivity (Wildman–Crippen MR) is 107 cm³/mol. The van der Waals surface area contributed by atoms with E-state index in [1.54, 1.807) is 43.8 Å². The number of anilines is 1. The maximum Gasteiger partial charge on any atom is 0.200 e. The fourth-order valence-corrected chi connectivity index (χ4v) is 3.66. The van der Waals surface area contributed by atoms with Crippen LogP contribution in [-0.2, 0) is 23.4 Å². The number of aryl methyl sites for hydroxylation is 1. The predicted octanol–water partition coefficient (Wildman–Crippen LogP) is 3.67. The summed E-state index contributed by atoms with van der Waals surface area (Å²) in [5.74, 6) is 0. The fourth-order valence-electron chi connectivity index (χ4n) is 2.59. The summed E-state index contributed by atoms with van der Waals surface area (Å²) in [7, 11) is -1.55. The van der Waals surface area contributed by atoms with E-state index < -0.39 is 14.6 Å². The van der Waals surface area contributed by atoms with Gasteiger partial charge in [-0.1, -0.05) is 18.2 Å². The number of rotatable bonds is 5. The first-order valence-corrected chi connectivity index (χ1v) is 10.2. The van der Waals surface area contributed by atoms with Crippen LogP contribution in [0, 0.1) is 0 Å². The lowest BCUT2D eigenvalue weighted by Crippen LogP contribution is -2.28. The van der Waals surface area contributed by atoms with Crippen LogP contribution < -0.4 is 5.32 Å². The fraction of sp³-hybridized carbons (Fsp3) is 0.300. The van der Waals surface area contributed by atoms with Gasteiger partial charge in [0.1, 0.15) is 0 Å². The van der Waals surface area contributed by atoms with Gasteiger partial charge in [0.05, 0.1) is 22.8 Å². The highest BCUT2D eigenvalue weighted by molar-refractivity contribution is 7.92. The number of hydrogen-bond donors (Lipinski definition) is 1. The van der Waals surface area contributed by atoms with Crippen LogP contribution in [0.3, 0.4) is 0 Å². The molecule has 27 heavy (non-hydrogen) atoms. The first kappa shape index (κ1) is 19.1. The molecular weight excluding hydrogens is 360 g/mol. The SMILES string of the molecule is Cn1cc(-c2cccc(CNc3ccc(S(=O)(=O)C(C)(C)C)nc3)c2)cn1. The van der Waals surface area contributed by atoms with Crippen molar-refractivity contribution in [2.75, 3.05) is 5.32 Å². The van der Waals surface area contributed by atoms with E-state index in [4.69, 9.17) is 0 Å². The number of pyridine rings is 1. The molecule has 1 N–H and O–H groups in total. The van der Waals surface area contributed by atoms with Crippen LogP contribution in [0.2, 0.25) is 0 Å². The molecule has 2 heterocycles. The summed E-state index contributed by atoms with van der Waals surface area (Å²) in [4.78, 5) is 4.14. The van der Waals surface area contributed by atoms with E-state index >= 15 is 0 Å². The second-order valence-electron chi connectivity index (χ2n) is 7.46. The second-order valence-corrected chi connectivity index (χ2v) is 10.1. The summed E-state index contributed by atoms with van der Waals surface area (Å²) >= 11 is 0. The third kappa shape index (κ3) is 4.19. The first-order chi connectivity index (χ1) is 12.7. The highest BCUT2D eigenvalue weighted by Gasteiger charge is 2.31. The molecule has 0 radical (unpaired) electrons. The molecule has 0 bridgehead atoms. The molecule has 2 aromatic heterocycles. The zero-order valence-corrected chi connectivity index (χ0v) is 16.8. The van der Waals surface area contributed by atoms with E-state index in [0.717, 1.165) is 22.4 Å². The van der Waals surface area contributed by atoms with E-state index in [0.29, 0.717) is 6.54 Å². The molecule has 3 rings (SSSR count). The van der Waals surface area contributed by atoms with Gasteiger partial charge >= 0.3 is 0 Å². The Kier molecular flexibility index (Phi) is 5.06.